The Balaban J connectivity index is 2.33. The van der Waals surface area contributed by atoms with Crippen molar-refractivity contribution in [2.24, 2.45) is 0 Å². The van der Waals surface area contributed by atoms with Crippen LogP contribution in [0.2, 0.25) is 0 Å². The first-order valence-corrected chi connectivity index (χ1v) is 6.31. The summed E-state index contributed by atoms with van der Waals surface area (Å²) in [6.07, 6.45) is 0. The average Bonchev–Trinajstić information content (AvgIpc) is 2.23. The number of hydrogen-bond donors (Lipinski definition) is 1. The number of esters is 1. The fourth-order valence-corrected chi connectivity index (χ4v) is 1.63. The number of hydrogen-bond acceptors (Lipinski definition) is 3. The molecule has 0 saturated carbocycles. The van der Waals surface area contributed by atoms with Gasteiger partial charge in [0.1, 0.15) is 6.61 Å². The molecule has 1 N–H and O–H groups in total. The minimum atomic E-state index is -0.236. The molecular weight excluding hydrogens is 282 g/mol. The van der Waals surface area contributed by atoms with Crippen molar-refractivity contribution in [3.63, 3.8) is 0 Å². The molecular formula is C13H18BrNO2. The molecule has 4 heteroatoms. The monoisotopic (exact) mass is 299 g/mol. The minimum Gasteiger partial charge on any atom is -0.460 e. The van der Waals surface area contributed by atoms with Crippen LogP contribution in [0.1, 0.15) is 26.3 Å². The number of ether oxygens (including phenoxy) is 1. The van der Waals surface area contributed by atoms with Gasteiger partial charge in [0.05, 0.1) is 6.54 Å². The second-order valence-corrected chi connectivity index (χ2v) is 5.81. The van der Waals surface area contributed by atoms with Crippen molar-refractivity contribution in [2.45, 2.75) is 32.9 Å². The number of carbonyl (C=O) groups is 1. The van der Waals surface area contributed by atoms with Crippen molar-refractivity contribution >= 4 is 21.9 Å². The van der Waals surface area contributed by atoms with E-state index in [0.717, 1.165) is 10.0 Å². The Bertz CT molecular complexity index is 385. The molecule has 0 aromatic heterocycles. The highest BCUT2D eigenvalue weighted by Gasteiger charge is 2.11. The zero-order valence-corrected chi connectivity index (χ0v) is 12.0. The van der Waals surface area contributed by atoms with Gasteiger partial charge >= 0.3 is 5.97 Å². The Labute approximate surface area is 111 Å². The lowest BCUT2D eigenvalue weighted by atomic mass is 10.1. The number of rotatable bonds is 4. The third-order valence-corrected chi connectivity index (χ3v) is 2.55. The molecule has 0 unspecified atom stereocenters. The van der Waals surface area contributed by atoms with Crippen LogP contribution in [0.5, 0.6) is 0 Å². The fraction of sp³-hybridized carbons (Fsp3) is 0.462. The van der Waals surface area contributed by atoms with E-state index in [1.54, 1.807) is 0 Å². The third-order valence-electron chi connectivity index (χ3n) is 2.05. The molecule has 0 fully saturated rings. The minimum absolute atomic E-state index is 0.0746. The molecule has 17 heavy (non-hydrogen) atoms. The highest BCUT2D eigenvalue weighted by Crippen LogP contribution is 2.12. The normalized spacial score (nSPS) is 11.3. The van der Waals surface area contributed by atoms with Gasteiger partial charge in [-0.05, 0) is 38.5 Å². The molecule has 1 aromatic rings. The summed E-state index contributed by atoms with van der Waals surface area (Å²) in [7, 11) is 0. The predicted octanol–water partition coefficient (Wildman–Crippen LogP) is 2.88. The summed E-state index contributed by atoms with van der Waals surface area (Å²) in [5, 5.41) is 3.09. The second-order valence-electron chi connectivity index (χ2n) is 4.89. The van der Waals surface area contributed by atoms with E-state index in [1.807, 2.05) is 45.0 Å². The first kappa shape index (κ1) is 14.2. The maximum absolute atomic E-state index is 11.5. The van der Waals surface area contributed by atoms with Crippen molar-refractivity contribution in [3.8, 4) is 0 Å². The average molecular weight is 300 g/mol. The lowest BCUT2D eigenvalue weighted by Gasteiger charge is -2.19. The van der Waals surface area contributed by atoms with Crippen LogP contribution in [-0.4, -0.2) is 18.1 Å². The van der Waals surface area contributed by atoms with Gasteiger partial charge in [-0.3, -0.25) is 4.79 Å². The Morgan fingerprint density at radius 3 is 2.71 bits per heavy atom. The lowest BCUT2D eigenvalue weighted by Crippen LogP contribution is -2.39. The Kier molecular flexibility index (Phi) is 5.15. The van der Waals surface area contributed by atoms with Crippen molar-refractivity contribution in [1.82, 2.24) is 5.32 Å². The topological polar surface area (TPSA) is 38.3 Å². The van der Waals surface area contributed by atoms with Gasteiger partial charge in [-0.1, -0.05) is 28.1 Å². The smallest absolute Gasteiger partial charge is 0.320 e. The van der Waals surface area contributed by atoms with Gasteiger partial charge < -0.3 is 10.1 Å². The standard InChI is InChI=1S/C13H18BrNO2/c1-13(2,3)15-8-12(16)17-9-10-5-4-6-11(14)7-10/h4-7,15H,8-9H2,1-3H3. The summed E-state index contributed by atoms with van der Waals surface area (Å²) in [6.45, 7) is 6.57. The maximum Gasteiger partial charge on any atom is 0.320 e. The molecule has 1 rings (SSSR count). The van der Waals surface area contributed by atoms with E-state index >= 15 is 0 Å². The van der Waals surface area contributed by atoms with Gasteiger partial charge in [-0.15, -0.1) is 0 Å². The second kappa shape index (κ2) is 6.17. The highest BCUT2D eigenvalue weighted by atomic mass is 79.9. The summed E-state index contributed by atoms with van der Waals surface area (Å²) in [5.74, 6) is -0.236. The van der Waals surface area contributed by atoms with Crippen LogP contribution < -0.4 is 5.32 Å². The van der Waals surface area contributed by atoms with Gasteiger partial charge in [0, 0.05) is 10.0 Å². The summed E-state index contributed by atoms with van der Waals surface area (Å²) in [4.78, 5) is 11.5. The fourth-order valence-electron chi connectivity index (χ4n) is 1.18. The lowest BCUT2D eigenvalue weighted by molar-refractivity contribution is -0.144. The van der Waals surface area contributed by atoms with Crippen LogP contribution >= 0.6 is 15.9 Å². The molecule has 0 atom stereocenters. The summed E-state index contributed by atoms with van der Waals surface area (Å²) < 4.78 is 6.14. The number of nitrogens with one attached hydrogen (secondary N) is 1. The van der Waals surface area contributed by atoms with Crippen LogP contribution in [0.4, 0.5) is 0 Å². The molecule has 0 spiro atoms. The summed E-state index contributed by atoms with van der Waals surface area (Å²) >= 11 is 3.37. The molecule has 94 valence electrons. The van der Waals surface area contributed by atoms with E-state index in [4.69, 9.17) is 4.74 Å². The van der Waals surface area contributed by atoms with Gasteiger partial charge in [0.2, 0.25) is 0 Å². The number of halogens is 1. The zero-order chi connectivity index (χ0) is 12.9. The molecule has 0 radical (unpaired) electrons. The SMILES string of the molecule is CC(C)(C)NCC(=O)OCc1cccc(Br)c1. The molecule has 0 amide bonds. The number of benzene rings is 1. The van der Waals surface area contributed by atoms with Crippen LogP contribution in [0.15, 0.2) is 28.7 Å². The van der Waals surface area contributed by atoms with E-state index < -0.39 is 0 Å². The maximum atomic E-state index is 11.5. The van der Waals surface area contributed by atoms with Gasteiger partial charge in [-0.2, -0.15) is 0 Å². The van der Waals surface area contributed by atoms with E-state index in [0.29, 0.717) is 6.61 Å². The van der Waals surface area contributed by atoms with Crippen molar-refractivity contribution < 1.29 is 9.53 Å². The van der Waals surface area contributed by atoms with Gasteiger partial charge in [0.15, 0.2) is 0 Å². The van der Waals surface area contributed by atoms with Crippen LogP contribution in [-0.2, 0) is 16.1 Å². The molecule has 0 aliphatic carbocycles. The molecule has 1 aromatic carbocycles. The molecule has 0 bridgehead atoms. The summed E-state index contributed by atoms with van der Waals surface area (Å²) in [6, 6.07) is 7.72. The van der Waals surface area contributed by atoms with Crippen LogP contribution in [0.25, 0.3) is 0 Å². The quantitative estimate of drug-likeness (QED) is 0.869. The third kappa shape index (κ3) is 6.44. The van der Waals surface area contributed by atoms with E-state index in [2.05, 4.69) is 21.2 Å². The van der Waals surface area contributed by atoms with Crippen molar-refractivity contribution in [2.75, 3.05) is 6.54 Å². The molecule has 3 nitrogen and oxygen atoms in total. The Hall–Kier alpha value is -0.870. The van der Waals surface area contributed by atoms with E-state index in [9.17, 15) is 4.79 Å². The Morgan fingerprint density at radius 1 is 1.41 bits per heavy atom. The van der Waals surface area contributed by atoms with E-state index in [-0.39, 0.29) is 18.1 Å². The van der Waals surface area contributed by atoms with Crippen LogP contribution in [0.3, 0.4) is 0 Å². The first-order chi connectivity index (χ1) is 7.87. The molecule has 0 aliphatic heterocycles. The van der Waals surface area contributed by atoms with Gasteiger partial charge in [0.25, 0.3) is 0 Å². The van der Waals surface area contributed by atoms with Gasteiger partial charge in [-0.25, -0.2) is 0 Å². The molecule has 0 heterocycles. The molecule has 0 saturated heterocycles. The van der Waals surface area contributed by atoms with E-state index in [1.165, 1.54) is 0 Å². The predicted molar refractivity (Wildman–Crippen MR) is 71.7 cm³/mol. The highest BCUT2D eigenvalue weighted by molar-refractivity contribution is 9.10. The van der Waals surface area contributed by atoms with Crippen molar-refractivity contribution in [3.05, 3.63) is 34.3 Å². The summed E-state index contributed by atoms with van der Waals surface area (Å²) in [5.41, 5.74) is 0.901. The largest absolute Gasteiger partial charge is 0.460 e. The van der Waals surface area contributed by atoms with Crippen molar-refractivity contribution in [1.29, 1.82) is 0 Å². The van der Waals surface area contributed by atoms with Crippen LogP contribution in [0, 0.1) is 0 Å². The number of carbonyl (C=O) groups excluding carboxylic acids is 1. The Morgan fingerprint density at radius 2 is 2.12 bits per heavy atom. The zero-order valence-electron chi connectivity index (χ0n) is 10.4. The first-order valence-electron chi connectivity index (χ1n) is 5.52. The molecule has 0 aliphatic rings.